The summed E-state index contributed by atoms with van der Waals surface area (Å²) in [6.45, 7) is -0.190. The van der Waals surface area contributed by atoms with E-state index in [4.69, 9.17) is 9.47 Å². The van der Waals surface area contributed by atoms with Gasteiger partial charge in [0.25, 0.3) is 5.91 Å². The molecule has 5 nitrogen and oxygen atoms in total. The molecule has 0 saturated heterocycles. The molecular weight excluding hydrogens is 374 g/mol. The lowest BCUT2D eigenvalue weighted by Crippen LogP contribution is -2.44. The van der Waals surface area contributed by atoms with E-state index in [2.05, 4.69) is 21.2 Å². The highest BCUT2D eigenvalue weighted by Crippen LogP contribution is 2.23. The van der Waals surface area contributed by atoms with Crippen molar-refractivity contribution in [3.8, 4) is 5.75 Å². The van der Waals surface area contributed by atoms with Gasteiger partial charge in [0.2, 0.25) is 0 Å². The number of rotatable bonds is 7. The van der Waals surface area contributed by atoms with Gasteiger partial charge in [0.1, 0.15) is 11.8 Å². The third kappa shape index (κ3) is 5.38. The number of hydrogen-bond acceptors (Lipinski definition) is 4. The molecule has 1 N–H and O–H groups in total. The molecule has 1 atom stereocenters. The van der Waals surface area contributed by atoms with Crippen LogP contribution in [0.15, 0.2) is 59.1 Å². The first-order valence-corrected chi connectivity index (χ1v) is 8.18. The van der Waals surface area contributed by atoms with Crippen LogP contribution < -0.4 is 10.1 Å². The number of ether oxygens (including phenoxy) is 2. The van der Waals surface area contributed by atoms with E-state index in [1.54, 1.807) is 6.07 Å². The number of amides is 1. The number of carbonyl (C=O) groups is 2. The van der Waals surface area contributed by atoms with Crippen LogP contribution in [0.3, 0.4) is 0 Å². The molecule has 0 spiro atoms. The molecular formula is C18H18BrNO4. The zero-order chi connectivity index (χ0) is 17.4. The summed E-state index contributed by atoms with van der Waals surface area (Å²) in [6.07, 6.45) is 0.355. The molecule has 0 bridgehead atoms. The number of halogens is 1. The van der Waals surface area contributed by atoms with Gasteiger partial charge in [-0.1, -0.05) is 42.5 Å². The van der Waals surface area contributed by atoms with Gasteiger partial charge in [0.15, 0.2) is 6.61 Å². The van der Waals surface area contributed by atoms with Gasteiger partial charge >= 0.3 is 5.97 Å². The minimum atomic E-state index is -0.757. The molecule has 0 fully saturated rings. The summed E-state index contributed by atoms with van der Waals surface area (Å²) in [5.74, 6) is -0.324. The van der Waals surface area contributed by atoms with Gasteiger partial charge in [-0.05, 0) is 33.6 Å². The summed E-state index contributed by atoms with van der Waals surface area (Å²) >= 11 is 3.35. The Morgan fingerprint density at radius 2 is 1.75 bits per heavy atom. The van der Waals surface area contributed by atoms with Crippen molar-refractivity contribution in [2.45, 2.75) is 12.5 Å². The highest BCUT2D eigenvalue weighted by molar-refractivity contribution is 9.10. The number of nitrogens with one attached hydrogen (secondary N) is 1. The van der Waals surface area contributed by atoms with Crippen molar-refractivity contribution in [2.75, 3.05) is 13.7 Å². The topological polar surface area (TPSA) is 64.6 Å². The van der Waals surface area contributed by atoms with Gasteiger partial charge in [-0.3, -0.25) is 4.79 Å². The van der Waals surface area contributed by atoms with Gasteiger partial charge < -0.3 is 14.8 Å². The molecule has 2 aromatic carbocycles. The molecule has 0 heterocycles. The van der Waals surface area contributed by atoms with Crippen LogP contribution in [0.2, 0.25) is 0 Å². The van der Waals surface area contributed by atoms with Crippen LogP contribution in [-0.2, 0) is 20.7 Å². The van der Waals surface area contributed by atoms with Crippen LogP contribution in [0.4, 0.5) is 0 Å². The minimum Gasteiger partial charge on any atom is -0.483 e. The zero-order valence-corrected chi connectivity index (χ0v) is 14.8. The third-order valence-electron chi connectivity index (χ3n) is 3.30. The maximum atomic E-state index is 12.1. The quantitative estimate of drug-likeness (QED) is 0.736. The molecule has 0 radical (unpaired) electrons. The fourth-order valence-corrected chi connectivity index (χ4v) is 2.53. The fourth-order valence-electron chi connectivity index (χ4n) is 2.13. The SMILES string of the molecule is COC(=O)[C@@H](Cc1ccccc1)NC(=O)COc1ccccc1Br. The highest BCUT2D eigenvalue weighted by Gasteiger charge is 2.22. The summed E-state index contributed by atoms with van der Waals surface area (Å²) in [4.78, 5) is 24.0. The van der Waals surface area contributed by atoms with Crippen molar-refractivity contribution in [3.05, 3.63) is 64.6 Å². The zero-order valence-electron chi connectivity index (χ0n) is 13.2. The standard InChI is InChI=1S/C18H18BrNO4/c1-23-18(22)15(11-13-7-3-2-4-8-13)20-17(21)12-24-16-10-6-5-9-14(16)19/h2-10,15H,11-12H2,1H3,(H,20,21)/t15-/m1/s1. The van der Waals surface area contributed by atoms with Crippen LogP contribution in [0.25, 0.3) is 0 Å². The van der Waals surface area contributed by atoms with Crippen molar-refractivity contribution < 1.29 is 19.1 Å². The predicted molar refractivity (Wildman–Crippen MR) is 93.7 cm³/mol. The second kappa shape index (κ2) is 9.08. The van der Waals surface area contributed by atoms with Crippen molar-refractivity contribution in [3.63, 3.8) is 0 Å². The molecule has 0 unspecified atom stereocenters. The average molecular weight is 392 g/mol. The minimum absolute atomic E-state index is 0.190. The first kappa shape index (κ1) is 18.0. The normalized spacial score (nSPS) is 11.4. The van der Waals surface area contributed by atoms with E-state index in [1.807, 2.05) is 48.5 Å². The van der Waals surface area contributed by atoms with E-state index in [-0.39, 0.29) is 6.61 Å². The highest BCUT2D eigenvalue weighted by atomic mass is 79.9. The molecule has 0 aromatic heterocycles. The first-order chi connectivity index (χ1) is 11.6. The maximum Gasteiger partial charge on any atom is 0.328 e. The second-order valence-corrected chi connectivity index (χ2v) is 5.91. The summed E-state index contributed by atoms with van der Waals surface area (Å²) in [6, 6.07) is 15.9. The lowest BCUT2D eigenvalue weighted by atomic mass is 10.1. The Kier molecular flexibility index (Phi) is 6.81. The van der Waals surface area contributed by atoms with E-state index in [9.17, 15) is 9.59 Å². The molecule has 126 valence electrons. The Morgan fingerprint density at radius 3 is 2.42 bits per heavy atom. The van der Waals surface area contributed by atoms with E-state index in [1.165, 1.54) is 7.11 Å². The van der Waals surface area contributed by atoms with Crippen molar-refractivity contribution in [2.24, 2.45) is 0 Å². The first-order valence-electron chi connectivity index (χ1n) is 7.38. The van der Waals surface area contributed by atoms with Crippen LogP contribution in [0.5, 0.6) is 5.75 Å². The molecule has 2 rings (SSSR count). The van der Waals surface area contributed by atoms with Crippen LogP contribution in [0.1, 0.15) is 5.56 Å². The van der Waals surface area contributed by atoms with E-state index in [0.717, 1.165) is 10.0 Å². The molecule has 0 aliphatic heterocycles. The average Bonchev–Trinajstić information content (AvgIpc) is 2.60. The third-order valence-corrected chi connectivity index (χ3v) is 3.95. The molecule has 0 aliphatic carbocycles. The van der Waals surface area contributed by atoms with Crippen molar-refractivity contribution in [1.29, 1.82) is 0 Å². The van der Waals surface area contributed by atoms with Crippen molar-refractivity contribution >= 4 is 27.8 Å². The van der Waals surface area contributed by atoms with Gasteiger partial charge in [-0.25, -0.2) is 4.79 Å². The van der Waals surface area contributed by atoms with Gasteiger partial charge in [-0.2, -0.15) is 0 Å². The summed E-state index contributed by atoms with van der Waals surface area (Å²) < 4.78 is 11.0. The lowest BCUT2D eigenvalue weighted by Gasteiger charge is -2.17. The monoisotopic (exact) mass is 391 g/mol. The number of hydrogen-bond donors (Lipinski definition) is 1. The molecule has 24 heavy (non-hydrogen) atoms. The summed E-state index contributed by atoms with van der Waals surface area (Å²) in [5, 5.41) is 2.65. The smallest absolute Gasteiger partial charge is 0.328 e. The largest absolute Gasteiger partial charge is 0.483 e. The Balaban J connectivity index is 1.94. The van der Waals surface area contributed by atoms with E-state index < -0.39 is 17.9 Å². The number of esters is 1. The Bertz CT molecular complexity index is 690. The number of benzene rings is 2. The molecule has 1 amide bonds. The fraction of sp³-hybridized carbons (Fsp3) is 0.222. The van der Waals surface area contributed by atoms with E-state index in [0.29, 0.717) is 12.2 Å². The predicted octanol–water partition coefficient (Wildman–Crippen LogP) is 2.73. The maximum absolute atomic E-state index is 12.1. The number of carbonyl (C=O) groups excluding carboxylic acids is 2. The summed E-state index contributed by atoms with van der Waals surface area (Å²) in [7, 11) is 1.30. The van der Waals surface area contributed by atoms with E-state index >= 15 is 0 Å². The number of methoxy groups -OCH3 is 1. The van der Waals surface area contributed by atoms with Crippen LogP contribution in [-0.4, -0.2) is 31.6 Å². The molecule has 2 aromatic rings. The number of para-hydroxylation sites is 1. The summed E-state index contributed by atoms with van der Waals surface area (Å²) in [5.41, 5.74) is 0.930. The molecule has 0 saturated carbocycles. The Hall–Kier alpha value is -2.34. The van der Waals surface area contributed by atoms with Gasteiger partial charge in [0.05, 0.1) is 11.6 Å². The molecule has 0 aliphatic rings. The van der Waals surface area contributed by atoms with Crippen LogP contribution >= 0.6 is 15.9 Å². The van der Waals surface area contributed by atoms with Gasteiger partial charge in [0, 0.05) is 6.42 Å². The Morgan fingerprint density at radius 1 is 1.08 bits per heavy atom. The lowest BCUT2D eigenvalue weighted by molar-refractivity contribution is -0.145. The van der Waals surface area contributed by atoms with Crippen LogP contribution in [0, 0.1) is 0 Å². The molecule has 6 heteroatoms. The Labute approximate surface area is 149 Å². The second-order valence-electron chi connectivity index (χ2n) is 5.05. The van der Waals surface area contributed by atoms with Crippen molar-refractivity contribution in [1.82, 2.24) is 5.32 Å². The van der Waals surface area contributed by atoms with Gasteiger partial charge in [-0.15, -0.1) is 0 Å².